The van der Waals surface area contributed by atoms with E-state index in [1.165, 1.54) is 12.1 Å². The molecule has 12 heteroatoms. The van der Waals surface area contributed by atoms with Crippen molar-refractivity contribution in [2.75, 3.05) is 57.9 Å². The van der Waals surface area contributed by atoms with Gasteiger partial charge in [0.2, 0.25) is 0 Å². The maximum Gasteiger partial charge on any atom is 0.319 e. The molecule has 204 valence electrons. The summed E-state index contributed by atoms with van der Waals surface area (Å²) in [4.78, 5) is 15.8. The van der Waals surface area contributed by atoms with E-state index >= 15 is 0 Å². The first-order valence-electron chi connectivity index (χ1n) is 12.6. The van der Waals surface area contributed by atoms with Crippen LogP contribution in [0.25, 0.3) is 16.9 Å². The highest BCUT2D eigenvalue weighted by molar-refractivity contribution is 5.75. The largest absolute Gasteiger partial charge is 0.461 e. The second-order valence-corrected chi connectivity index (χ2v) is 8.95. The van der Waals surface area contributed by atoms with Crippen LogP contribution in [0.4, 0.5) is 14.6 Å². The van der Waals surface area contributed by atoms with E-state index in [4.69, 9.17) is 9.47 Å². The average molecular weight is 529 g/mol. The second kappa shape index (κ2) is 12.2. The molecule has 10 nitrogen and oxygen atoms in total. The molecular weight excluding hydrogens is 494 g/mol. The fraction of sp³-hybridized carbons (Fsp3) is 0.385. The highest BCUT2D eigenvalue weighted by Gasteiger charge is 2.17. The molecule has 0 amide bonds. The van der Waals surface area contributed by atoms with Gasteiger partial charge in [-0.15, -0.1) is 0 Å². The van der Waals surface area contributed by atoms with E-state index in [2.05, 4.69) is 35.6 Å². The Hall–Kier alpha value is -3.74. The number of piperazine rings is 1. The lowest BCUT2D eigenvalue weighted by Crippen LogP contribution is -2.44. The molecule has 0 aliphatic carbocycles. The molecular formula is C26H34F2N8O2. The number of ether oxygens (including phenoxy) is 2. The van der Waals surface area contributed by atoms with E-state index in [1.807, 2.05) is 0 Å². The molecule has 0 saturated carbocycles. The van der Waals surface area contributed by atoms with Gasteiger partial charge in [-0.1, -0.05) is 6.07 Å². The Balaban J connectivity index is 0.00000220. The Labute approximate surface area is 222 Å². The number of hydrogen-bond acceptors (Lipinski definition) is 9. The van der Waals surface area contributed by atoms with Crippen molar-refractivity contribution in [3.05, 3.63) is 66.1 Å². The van der Waals surface area contributed by atoms with Gasteiger partial charge in [-0.05, 0) is 19.1 Å². The number of fused-ring (bicyclic) bond motifs is 1. The van der Waals surface area contributed by atoms with Crippen LogP contribution >= 0.6 is 0 Å². The van der Waals surface area contributed by atoms with Crippen molar-refractivity contribution >= 4 is 11.5 Å². The summed E-state index contributed by atoms with van der Waals surface area (Å²) < 4.78 is 41.0. The molecule has 0 bridgehead atoms. The van der Waals surface area contributed by atoms with E-state index in [0.717, 1.165) is 38.8 Å². The van der Waals surface area contributed by atoms with E-state index in [9.17, 15) is 8.78 Å². The normalized spacial score (nSPS) is 15.0. The Bertz CT molecular complexity index is 1370. The summed E-state index contributed by atoms with van der Waals surface area (Å²) in [5, 5.41) is 10.8. The molecule has 3 aromatic heterocycles. The van der Waals surface area contributed by atoms with E-state index in [1.54, 1.807) is 42.2 Å². The number of halogens is 2. The lowest BCUT2D eigenvalue weighted by molar-refractivity contribution is 0.0745. The number of nitrogens with one attached hydrogen (secondary N) is 2. The van der Waals surface area contributed by atoms with Crippen molar-refractivity contribution in [2.24, 2.45) is 0 Å². The molecule has 5 rings (SSSR count). The fourth-order valence-electron chi connectivity index (χ4n) is 4.28. The van der Waals surface area contributed by atoms with Crippen molar-refractivity contribution in [3.8, 4) is 17.3 Å². The summed E-state index contributed by atoms with van der Waals surface area (Å²) in [5.41, 5.74) is 2.16. The van der Waals surface area contributed by atoms with Crippen LogP contribution in [0.5, 0.6) is 6.01 Å². The highest BCUT2D eigenvalue weighted by atomic mass is 19.1. The van der Waals surface area contributed by atoms with Crippen LogP contribution in [0.3, 0.4) is 0 Å². The summed E-state index contributed by atoms with van der Waals surface area (Å²) >= 11 is 0. The van der Waals surface area contributed by atoms with E-state index in [0.29, 0.717) is 41.5 Å². The Kier molecular flexibility index (Phi) is 8.31. The highest BCUT2D eigenvalue weighted by Crippen LogP contribution is 2.28. The van der Waals surface area contributed by atoms with Gasteiger partial charge < -0.3 is 20.1 Å². The Morgan fingerprint density at radius 3 is 2.84 bits per heavy atom. The molecule has 0 radical (unpaired) electrons. The third kappa shape index (κ3) is 6.39. The van der Waals surface area contributed by atoms with Gasteiger partial charge in [0.05, 0.1) is 36.7 Å². The molecule has 1 aliphatic heterocycles. The number of nitrogens with zero attached hydrogens (tertiary/aromatic N) is 6. The summed E-state index contributed by atoms with van der Waals surface area (Å²) in [6, 6.07) is 6.64. The summed E-state index contributed by atoms with van der Waals surface area (Å²) in [6.45, 7) is 7.96. The van der Waals surface area contributed by atoms with Crippen LogP contribution in [0.15, 0.2) is 48.9 Å². The van der Waals surface area contributed by atoms with Crippen molar-refractivity contribution in [2.45, 2.75) is 13.0 Å². The van der Waals surface area contributed by atoms with Crippen LogP contribution in [-0.4, -0.2) is 82.0 Å². The van der Waals surface area contributed by atoms with Crippen LogP contribution < -0.4 is 15.4 Å². The second-order valence-electron chi connectivity index (χ2n) is 8.95. The van der Waals surface area contributed by atoms with Crippen LogP contribution in [0.2, 0.25) is 0 Å². The van der Waals surface area contributed by atoms with Gasteiger partial charge in [0.15, 0.2) is 5.65 Å². The van der Waals surface area contributed by atoms with Crippen LogP contribution in [0, 0.1) is 11.6 Å². The summed E-state index contributed by atoms with van der Waals surface area (Å²) in [6.07, 6.45) is 5.14. The molecule has 4 heterocycles. The zero-order valence-electron chi connectivity index (χ0n) is 21.1. The minimum absolute atomic E-state index is 0. The number of hydrogen-bond donors (Lipinski definition) is 2. The minimum Gasteiger partial charge on any atom is -0.461 e. The monoisotopic (exact) mass is 528 g/mol. The Morgan fingerprint density at radius 2 is 2.00 bits per heavy atom. The molecule has 1 saturated heterocycles. The predicted octanol–water partition coefficient (Wildman–Crippen LogP) is 3.43. The number of anilines is 1. The number of benzene rings is 1. The molecule has 38 heavy (non-hydrogen) atoms. The van der Waals surface area contributed by atoms with Crippen LogP contribution in [0.1, 0.15) is 21.4 Å². The molecule has 4 aromatic rings. The van der Waals surface area contributed by atoms with Gasteiger partial charge in [0.1, 0.15) is 24.1 Å². The molecule has 1 aromatic carbocycles. The topological polar surface area (TPSA) is 102 Å². The first kappa shape index (κ1) is 25.9. The third-order valence-electron chi connectivity index (χ3n) is 6.27. The Morgan fingerprint density at radius 1 is 1.13 bits per heavy atom. The van der Waals surface area contributed by atoms with Crippen molar-refractivity contribution in [1.29, 1.82) is 0 Å². The maximum absolute atomic E-state index is 14.4. The zero-order chi connectivity index (χ0) is 26.3. The van der Waals surface area contributed by atoms with Crippen molar-refractivity contribution in [3.63, 3.8) is 0 Å². The van der Waals surface area contributed by atoms with Gasteiger partial charge in [-0.3, -0.25) is 4.90 Å². The fourth-order valence-corrected chi connectivity index (χ4v) is 4.28. The lowest BCUT2D eigenvalue weighted by Gasteiger charge is -2.26. The SMILES string of the molecule is C[C@H](Nc1cc(-c2cnn3cccnc23)nc(OCCOCCN2CCNCC2)n1)c1ccc(F)cc1F.[HH].[HH]. The predicted molar refractivity (Wildman–Crippen MR) is 142 cm³/mol. The van der Waals surface area contributed by atoms with E-state index < -0.39 is 17.7 Å². The van der Waals surface area contributed by atoms with Gasteiger partial charge in [-0.2, -0.15) is 15.1 Å². The summed E-state index contributed by atoms with van der Waals surface area (Å²) in [5.74, 6) is -0.856. The smallest absolute Gasteiger partial charge is 0.319 e. The van der Waals surface area contributed by atoms with Gasteiger partial charge in [-0.25, -0.2) is 18.3 Å². The zero-order valence-corrected chi connectivity index (χ0v) is 21.1. The first-order chi connectivity index (χ1) is 18.6. The standard InChI is InChI=1S/C26H30F2N8O2.2H2/c1-18(20-4-3-19(27)15-22(20)28)32-24-16-23(21-17-31-36-8-2-5-30-25(21)36)33-26(34-24)38-14-13-37-12-11-35-9-6-29-7-10-35;;/h2-5,8,15-18,29H,6-7,9-14H2,1H3,(H,32,33,34);2*1H/t18-;;/m0../s1. The third-order valence-corrected chi connectivity index (χ3v) is 6.27. The number of aromatic nitrogens is 5. The molecule has 1 fully saturated rings. The molecule has 1 aliphatic rings. The minimum atomic E-state index is -0.638. The molecule has 0 spiro atoms. The average Bonchev–Trinajstić information content (AvgIpc) is 3.35. The van der Waals surface area contributed by atoms with Gasteiger partial charge in [0, 0.05) is 65.7 Å². The van der Waals surface area contributed by atoms with Crippen molar-refractivity contribution < 1.29 is 21.1 Å². The summed E-state index contributed by atoms with van der Waals surface area (Å²) in [7, 11) is 0. The van der Waals surface area contributed by atoms with Crippen molar-refractivity contribution in [1.82, 2.24) is 34.8 Å². The quantitative estimate of drug-likeness (QED) is 0.284. The molecule has 0 unspecified atom stereocenters. The molecule has 1 atom stereocenters. The number of rotatable bonds is 11. The van der Waals surface area contributed by atoms with E-state index in [-0.39, 0.29) is 15.5 Å². The lowest BCUT2D eigenvalue weighted by atomic mass is 10.1. The molecule has 2 N–H and O–H groups in total. The first-order valence-corrected chi connectivity index (χ1v) is 12.6. The maximum atomic E-state index is 14.4. The van der Waals surface area contributed by atoms with Crippen LogP contribution in [-0.2, 0) is 4.74 Å². The van der Waals surface area contributed by atoms with Gasteiger partial charge in [0.25, 0.3) is 0 Å². The van der Waals surface area contributed by atoms with Gasteiger partial charge >= 0.3 is 6.01 Å².